The lowest BCUT2D eigenvalue weighted by Crippen LogP contribution is -2.27. The molecular weight excluding hydrogens is 375 g/mol. The van der Waals surface area contributed by atoms with E-state index >= 15 is 0 Å². The first kappa shape index (κ1) is 20.4. The summed E-state index contributed by atoms with van der Waals surface area (Å²) >= 11 is 12.0. The fraction of sp³-hybridized carbons (Fsp3) is 0.389. The lowest BCUT2D eigenvalue weighted by Gasteiger charge is -2.10. The number of carbonyl (C=O) groups is 1. The third kappa shape index (κ3) is 6.44. The molecule has 2 rings (SSSR count). The van der Waals surface area contributed by atoms with Crippen molar-refractivity contribution in [2.24, 2.45) is 0 Å². The van der Waals surface area contributed by atoms with Gasteiger partial charge in [0, 0.05) is 42.9 Å². The monoisotopic (exact) mass is 396 g/mol. The fourth-order valence-electron chi connectivity index (χ4n) is 2.33. The molecule has 0 unspecified atom stereocenters. The van der Waals surface area contributed by atoms with Crippen LogP contribution in [0.3, 0.4) is 0 Å². The van der Waals surface area contributed by atoms with E-state index in [1.807, 2.05) is 6.07 Å². The Hall–Kier alpha value is -1.89. The molecule has 1 amide bonds. The zero-order chi connectivity index (χ0) is 18.9. The maximum absolute atomic E-state index is 12.4. The predicted molar refractivity (Wildman–Crippen MR) is 104 cm³/mol. The summed E-state index contributed by atoms with van der Waals surface area (Å²) in [7, 11) is 1.66. The molecule has 0 fully saturated rings. The van der Waals surface area contributed by atoms with Crippen LogP contribution in [0.1, 0.15) is 28.3 Å². The second-order valence-electron chi connectivity index (χ2n) is 5.70. The number of rotatable bonds is 9. The van der Waals surface area contributed by atoms with Crippen LogP contribution in [-0.4, -0.2) is 42.7 Å². The van der Waals surface area contributed by atoms with Crippen molar-refractivity contribution in [1.82, 2.24) is 15.3 Å². The number of methoxy groups -OCH3 is 1. The summed E-state index contributed by atoms with van der Waals surface area (Å²) in [6, 6.07) is 6.97. The van der Waals surface area contributed by atoms with E-state index in [0.29, 0.717) is 53.5 Å². The molecule has 26 heavy (non-hydrogen) atoms. The SMILES string of the molecule is COCCCNc1cc(C(=O)NCCc2ccc(Cl)cc2Cl)nc(C)n1. The number of benzene rings is 1. The first-order chi connectivity index (χ1) is 12.5. The van der Waals surface area contributed by atoms with Crippen molar-refractivity contribution < 1.29 is 9.53 Å². The highest BCUT2D eigenvalue weighted by Gasteiger charge is 2.10. The van der Waals surface area contributed by atoms with Gasteiger partial charge in [0.05, 0.1) is 0 Å². The number of anilines is 1. The van der Waals surface area contributed by atoms with Gasteiger partial charge in [-0.1, -0.05) is 29.3 Å². The molecule has 0 aliphatic rings. The average Bonchev–Trinajstić information content (AvgIpc) is 2.60. The maximum atomic E-state index is 12.4. The summed E-state index contributed by atoms with van der Waals surface area (Å²) in [5.41, 5.74) is 1.25. The maximum Gasteiger partial charge on any atom is 0.270 e. The molecule has 1 aromatic heterocycles. The summed E-state index contributed by atoms with van der Waals surface area (Å²) in [5.74, 6) is 0.910. The minimum Gasteiger partial charge on any atom is -0.385 e. The van der Waals surface area contributed by atoms with Gasteiger partial charge < -0.3 is 15.4 Å². The van der Waals surface area contributed by atoms with Gasteiger partial charge in [-0.15, -0.1) is 0 Å². The van der Waals surface area contributed by atoms with Gasteiger partial charge in [0.2, 0.25) is 0 Å². The van der Waals surface area contributed by atoms with Crippen LogP contribution in [0.4, 0.5) is 5.82 Å². The first-order valence-electron chi connectivity index (χ1n) is 8.30. The molecule has 0 radical (unpaired) electrons. The second kappa shape index (κ2) is 10.3. The van der Waals surface area contributed by atoms with Crippen LogP contribution < -0.4 is 10.6 Å². The second-order valence-corrected chi connectivity index (χ2v) is 6.54. The minimum absolute atomic E-state index is 0.250. The van der Waals surface area contributed by atoms with Crippen molar-refractivity contribution in [1.29, 1.82) is 0 Å². The average molecular weight is 397 g/mol. The molecule has 0 aliphatic carbocycles. The van der Waals surface area contributed by atoms with Crippen molar-refractivity contribution in [3.8, 4) is 0 Å². The summed E-state index contributed by atoms with van der Waals surface area (Å²) in [6.45, 7) is 3.57. The van der Waals surface area contributed by atoms with E-state index in [4.69, 9.17) is 27.9 Å². The quantitative estimate of drug-likeness (QED) is 0.634. The fourth-order valence-corrected chi connectivity index (χ4v) is 2.84. The van der Waals surface area contributed by atoms with E-state index < -0.39 is 0 Å². The van der Waals surface area contributed by atoms with Crippen LogP contribution in [0.2, 0.25) is 10.0 Å². The molecule has 0 spiro atoms. The number of carbonyl (C=O) groups excluding carboxylic acids is 1. The Morgan fingerprint density at radius 2 is 2.00 bits per heavy atom. The number of halogens is 2. The summed E-state index contributed by atoms with van der Waals surface area (Å²) in [4.78, 5) is 20.8. The van der Waals surface area contributed by atoms with E-state index in [0.717, 1.165) is 12.0 Å². The van der Waals surface area contributed by atoms with Gasteiger partial charge in [-0.25, -0.2) is 9.97 Å². The predicted octanol–water partition coefficient (Wildman–Crippen LogP) is 3.51. The molecule has 1 heterocycles. The number of aromatic nitrogens is 2. The molecule has 0 saturated heterocycles. The Balaban J connectivity index is 1.90. The Labute approximate surface area is 163 Å². The lowest BCUT2D eigenvalue weighted by molar-refractivity contribution is 0.0949. The van der Waals surface area contributed by atoms with Crippen molar-refractivity contribution in [2.45, 2.75) is 19.8 Å². The molecule has 6 nitrogen and oxygen atoms in total. The molecule has 2 N–H and O–H groups in total. The molecule has 0 aliphatic heterocycles. The molecule has 0 saturated carbocycles. The third-order valence-electron chi connectivity index (χ3n) is 3.60. The number of hydrogen-bond acceptors (Lipinski definition) is 5. The van der Waals surface area contributed by atoms with Gasteiger partial charge in [0.15, 0.2) is 0 Å². The summed E-state index contributed by atoms with van der Waals surface area (Å²) < 4.78 is 5.01. The van der Waals surface area contributed by atoms with E-state index in [-0.39, 0.29) is 5.91 Å². The number of amides is 1. The molecular formula is C18H22Cl2N4O2. The van der Waals surface area contributed by atoms with E-state index in [1.165, 1.54) is 0 Å². The van der Waals surface area contributed by atoms with Gasteiger partial charge in [0.25, 0.3) is 5.91 Å². The largest absolute Gasteiger partial charge is 0.385 e. The van der Waals surface area contributed by atoms with E-state index in [9.17, 15) is 4.79 Å². The van der Waals surface area contributed by atoms with Crippen molar-refractivity contribution in [2.75, 3.05) is 32.1 Å². The van der Waals surface area contributed by atoms with E-state index in [1.54, 1.807) is 32.2 Å². The Bertz CT molecular complexity index is 756. The summed E-state index contributed by atoms with van der Waals surface area (Å²) in [6.07, 6.45) is 1.46. The van der Waals surface area contributed by atoms with Gasteiger partial charge in [-0.05, 0) is 37.5 Å². The van der Waals surface area contributed by atoms with Crippen molar-refractivity contribution >= 4 is 34.9 Å². The molecule has 0 bridgehead atoms. The molecule has 140 valence electrons. The Morgan fingerprint density at radius 1 is 1.19 bits per heavy atom. The van der Waals surface area contributed by atoms with Gasteiger partial charge in [-0.3, -0.25) is 4.79 Å². The first-order valence-corrected chi connectivity index (χ1v) is 9.06. The Morgan fingerprint density at radius 3 is 2.73 bits per heavy atom. The number of hydrogen-bond donors (Lipinski definition) is 2. The van der Waals surface area contributed by atoms with Crippen LogP contribution in [0.5, 0.6) is 0 Å². The third-order valence-corrected chi connectivity index (χ3v) is 4.18. The van der Waals surface area contributed by atoms with Crippen LogP contribution in [-0.2, 0) is 11.2 Å². The van der Waals surface area contributed by atoms with Crippen molar-refractivity contribution in [3.63, 3.8) is 0 Å². The lowest BCUT2D eigenvalue weighted by atomic mass is 10.1. The topological polar surface area (TPSA) is 76.1 Å². The summed E-state index contributed by atoms with van der Waals surface area (Å²) in [5, 5.41) is 7.20. The van der Waals surface area contributed by atoms with Crippen molar-refractivity contribution in [3.05, 3.63) is 51.4 Å². The number of nitrogens with zero attached hydrogens (tertiary/aromatic N) is 2. The Kier molecular flexibility index (Phi) is 8.09. The zero-order valence-corrected chi connectivity index (χ0v) is 16.3. The standard InChI is InChI=1S/C18H22Cl2N4O2/c1-12-23-16(11-17(24-12)21-7-3-9-26-2)18(25)22-8-6-13-4-5-14(19)10-15(13)20/h4-5,10-11H,3,6-9H2,1-2H3,(H,22,25)(H,21,23,24). The van der Waals surface area contributed by atoms with E-state index in [2.05, 4.69) is 20.6 Å². The molecule has 8 heteroatoms. The molecule has 1 aromatic carbocycles. The van der Waals surface area contributed by atoms with Gasteiger partial charge >= 0.3 is 0 Å². The molecule has 0 atom stereocenters. The van der Waals surface area contributed by atoms with Gasteiger partial charge in [0.1, 0.15) is 17.3 Å². The smallest absolute Gasteiger partial charge is 0.270 e. The zero-order valence-electron chi connectivity index (χ0n) is 14.8. The molecule has 2 aromatic rings. The van der Waals surface area contributed by atoms with Crippen LogP contribution in [0.15, 0.2) is 24.3 Å². The highest BCUT2D eigenvalue weighted by Crippen LogP contribution is 2.21. The number of aryl methyl sites for hydroxylation is 1. The number of nitrogens with one attached hydrogen (secondary N) is 2. The highest BCUT2D eigenvalue weighted by atomic mass is 35.5. The van der Waals surface area contributed by atoms with Crippen LogP contribution in [0, 0.1) is 6.92 Å². The minimum atomic E-state index is -0.250. The highest BCUT2D eigenvalue weighted by molar-refractivity contribution is 6.35. The van der Waals surface area contributed by atoms with Crippen LogP contribution in [0.25, 0.3) is 0 Å². The van der Waals surface area contributed by atoms with Crippen LogP contribution >= 0.6 is 23.2 Å². The number of ether oxygens (including phenoxy) is 1. The normalized spacial score (nSPS) is 10.6. The van der Waals surface area contributed by atoms with Gasteiger partial charge in [-0.2, -0.15) is 0 Å².